The number of hydrogen-bond donors (Lipinski definition) is 0. The van der Waals surface area contributed by atoms with Gasteiger partial charge in [-0.3, -0.25) is 10.1 Å². The first kappa shape index (κ1) is 8.43. The Morgan fingerprint density at radius 1 is 1.36 bits per heavy atom. The van der Waals surface area contributed by atoms with Gasteiger partial charge in [-0.25, -0.2) is 0 Å². The fourth-order valence-corrected chi connectivity index (χ4v) is 1.14. The van der Waals surface area contributed by atoms with Crippen LogP contribution in [-0.4, -0.2) is 10.1 Å². The number of hydrogen-bond acceptors (Lipinski definition) is 4. The number of benzene rings is 1. The molecule has 1 heterocycles. The van der Waals surface area contributed by atoms with E-state index < -0.39 is 4.92 Å². The van der Waals surface area contributed by atoms with E-state index >= 15 is 0 Å². The average molecular weight is 190 g/mol. The van der Waals surface area contributed by atoms with Crippen molar-refractivity contribution < 1.29 is 9.45 Å². The smallest absolute Gasteiger partial charge is 0.270 e. The van der Waals surface area contributed by atoms with Crippen molar-refractivity contribution in [3.8, 4) is 11.3 Å². The van der Waals surface area contributed by atoms with Gasteiger partial charge < -0.3 is 4.52 Å². The predicted molar refractivity (Wildman–Crippen MR) is 48.6 cm³/mol. The van der Waals surface area contributed by atoms with Gasteiger partial charge in [-0.05, 0) is 0 Å². The average Bonchev–Trinajstić information content (AvgIpc) is 2.71. The van der Waals surface area contributed by atoms with Gasteiger partial charge in [0.05, 0.1) is 4.92 Å². The van der Waals surface area contributed by atoms with E-state index in [4.69, 9.17) is 0 Å². The molecule has 0 saturated heterocycles. The lowest BCUT2D eigenvalue weighted by Crippen LogP contribution is -1.87. The maximum atomic E-state index is 10.5. The Morgan fingerprint density at radius 3 is 2.86 bits per heavy atom. The van der Waals surface area contributed by atoms with Gasteiger partial charge in [-0.15, -0.1) is 0 Å². The van der Waals surface area contributed by atoms with Crippen molar-refractivity contribution in [3.05, 3.63) is 46.7 Å². The molecule has 0 aliphatic heterocycles. The molecule has 0 N–H and O–H groups in total. The van der Waals surface area contributed by atoms with Crippen molar-refractivity contribution in [3.63, 3.8) is 0 Å². The Labute approximate surface area is 79.1 Å². The second-order valence-corrected chi connectivity index (χ2v) is 2.69. The lowest BCUT2D eigenvalue weighted by Gasteiger charge is -1.94. The number of nitro groups is 1. The molecule has 0 aliphatic rings. The van der Waals surface area contributed by atoms with Crippen molar-refractivity contribution in [1.29, 1.82) is 0 Å². The quantitative estimate of drug-likeness (QED) is 0.537. The van der Waals surface area contributed by atoms with Crippen LogP contribution < -0.4 is 0 Å². The minimum atomic E-state index is -0.441. The van der Waals surface area contributed by atoms with Gasteiger partial charge >= 0.3 is 0 Å². The van der Waals surface area contributed by atoms with Crippen molar-refractivity contribution in [2.75, 3.05) is 0 Å². The van der Waals surface area contributed by atoms with E-state index in [-0.39, 0.29) is 5.69 Å². The summed E-state index contributed by atoms with van der Waals surface area (Å²) in [6, 6.07) is 7.90. The summed E-state index contributed by atoms with van der Waals surface area (Å²) in [5.74, 6) is 0. The fourth-order valence-electron chi connectivity index (χ4n) is 1.14. The van der Waals surface area contributed by atoms with Gasteiger partial charge in [0.1, 0.15) is 12.0 Å². The zero-order chi connectivity index (χ0) is 9.97. The molecule has 1 aromatic carbocycles. The van der Waals surface area contributed by atoms with E-state index in [9.17, 15) is 10.1 Å². The minimum Gasteiger partial charge on any atom is -0.364 e. The van der Waals surface area contributed by atoms with Gasteiger partial charge in [-0.2, -0.15) is 0 Å². The van der Waals surface area contributed by atoms with Crippen LogP contribution in [0, 0.1) is 10.1 Å². The molecule has 0 radical (unpaired) electrons. The van der Waals surface area contributed by atoms with Crippen molar-refractivity contribution >= 4 is 5.69 Å². The third kappa shape index (κ3) is 1.47. The maximum Gasteiger partial charge on any atom is 0.270 e. The molecule has 0 unspecified atom stereocenters. The van der Waals surface area contributed by atoms with Crippen LogP contribution in [0.15, 0.2) is 41.1 Å². The molecular formula is C9H6N2O3. The van der Waals surface area contributed by atoms with Crippen molar-refractivity contribution in [2.45, 2.75) is 0 Å². The molecule has 2 aromatic rings. The first-order valence-electron chi connectivity index (χ1n) is 3.92. The standard InChI is InChI=1S/C9H6N2O3/c12-11(13)8-3-1-2-7(6-8)9-4-5-14-10-9/h1-6H. The first-order valence-corrected chi connectivity index (χ1v) is 3.92. The summed E-state index contributed by atoms with van der Waals surface area (Å²) in [5.41, 5.74) is 1.31. The van der Waals surface area contributed by atoms with Crippen molar-refractivity contribution in [2.24, 2.45) is 0 Å². The van der Waals surface area contributed by atoms with Crippen molar-refractivity contribution in [1.82, 2.24) is 5.16 Å². The van der Waals surface area contributed by atoms with Crippen LogP contribution in [0.1, 0.15) is 0 Å². The van der Waals surface area contributed by atoms with Crippen LogP contribution in [-0.2, 0) is 0 Å². The zero-order valence-electron chi connectivity index (χ0n) is 7.08. The first-order chi connectivity index (χ1) is 6.77. The number of nitro benzene ring substituents is 1. The van der Waals surface area contributed by atoms with E-state index in [1.807, 2.05) is 0 Å². The lowest BCUT2D eigenvalue weighted by atomic mass is 10.1. The van der Waals surface area contributed by atoms with Gasteiger partial charge in [0.25, 0.3) is 5.69 Å². The van der Waals surface area contributed by atoms with E-state index in [0.717, 1.165) is 0 Å². The summed E-state index contributed by atoms with van der Waals surface area (Å²) in [6.07, 6.45) is 1.42. The summed E-state index contributed by atoms with van der Waals surface area (Å²) in [7, 11) is 0. The number of nitrogens with zero attached hydrogens (tertiary/aromatic N) is 2. The summed E-state index contributed by atoms with van der Waals surface area (Å²) in [6.45, 7) is 0. The van der Waals surface area contributed by atoms with Gasteiger partial charge in [0, 0.05) is 23.8 Å². The topological polar surface area (TPSA) is 69.2 Å². The van der Waals surface area contributed by atoms with Crippen LogP contribution in [0.5, 0.6) is 0 Å². The van der Waals surface area contributed by atoms with Crippen LogP contribution in [0.25, 0.3) is 11.3 Å². The molecule has 0 spiro atoms. The Hall–Kier alpha value is -2.17. The highest BCUT2D eigenvalue weighted by molar-refractivity contribution is 5.61. The Kier molecular flexibility index (Phi) is 1.98. The molecule has 0 fully saturated rings. The molecule has 14 heavy (non-hydrogen) atoms. The monoisotopic (exact) mass is 190 g/mol. The summed E-state index contributed by atoms with van der Waals surface area (Å²) in [4.78, 5) is 10.0. The molecular weight excluding hydrogens is 184 g/mol. The molecule has 0 amide bonds. The third-order valence-corrected chi connectivity index (χ3v) is 1.79. The summed E-state index contributed by atoms with van der Waals surface area (Å²) < 4.78 is 4.65. The summed E-state index contributed by atoms with van der Waals surface area (Å²) >= 11 is 0. The molecule has 2 rings (SSSR count). The number of non-ortho nitro benzene ring substituents is 1. The molecule has 0 aliphatic carbocycles. The van der Waals surface area contributed by atoms with Crippen LogP contribution in [0.3, 0.4) is 0 Å². The fraction of sp³-hybridized carbons (Fsp3) is 0. The molecule has 70 valence electrons. The lowest BCUT2D eigenvalue weighted by molar-refractivity contribution is -0.384. The molecule has 0 bridgehead atoms. The SMILES string of the molecule is O=[N+]([O-])c1cccc(-c2ccon2)c1. The van der Waals surface area contributed by atoms with E-state index in [2.05, 4.69) is 9.68 Å². The largest absolute Gasteiger partial charge is 0.364 e. The molecule has 0 saturated carbocycles. The highest BCUT2D eigenvalue weighted by Gasteiger charge is 2.08. The Balaban J connectivity index is 2.46. The third-order valence-electron chi connectivity index (χ3n) is 1.79. The van der Waals surface area contributed by atoms with E-state index in [0.29, 0.717) is 11.3 Å². The zero-order valence-corrected chi connectivity index (χ0v) is 7.08. The van der Waals surface area contributed by atoms with Crippen LogP contribution >= 0.6 is 0 Å². The highest BCUT2D eigenvalue weighted by atomic mass is 16.6. The van der Waals surface area contributed by atoms with Gasteiger partial charge in [0.2, 0.25) is 0 Å². The van der Waals surface area contributed by atoms with Gasteiger partial charge in [0.15, 0.2) is 0 Å². The second kappa shape index (κ2) is 3.29. The Morgan fingerprint density at radius 2 is 2.21 bits per heavy atom. The molecule has 5 nitrogen and oxygen atoms in total. The maximum absolute atomic E-state index is 10.5. The molecule has 5 heteroatoms. The van der Waals surface area contributed by atoms with Crippen LogP contribution in [0.4, 0.5) is 5.69 Å². The number of aromatic nitrogens is 1. The second-order valence-electron chi connectivity index (χ2n) is 2.69. The molecule has 1 aromatic heterocycles. The van der Waals surface area contributed by atoms with E-state index in [1.165, 1.54) is 18.4 Å². The predicted octanol–water partition coefficient (Wildman–Crippen LogP) is 2.25. The van der Waals surface area contributed by atoms with E-state index in [1.54, 1.807) is 18.2 Å². The summed E-state index contributed by atoms with van der Waals surface area (Å²) in [5, 5.41) is 14.2. The number of rotatable bonds is 2. The molecule has 0 atom stereocenters. The minimum absolute atomic E-state index is 0.0468. The highest BCUT2D eigenvalue weighted by Crippen LogP contribution is 2.21. The van der Waals surface area contributed by atoms with Gasteiger partial charge in [-0.1, -0.05) is 17.3 Å². The van der Waals surface area contributed by atoms with Crippen LogP contribution in [0.2, 0.25) is 0 Å². The normalized spacial score (nSPS) is 10.0. The Bertz CT molecular complexity index is 451.